The Hall–Kier alpha value is -4.02. The lowest BCUT2D eigenvalue weighted by Gasteiger charge is -2.14. The fourth-order valence-electron chi connectivity index (χ4n) is 3.88. The van der Waals surface area contributed by atoms with Gasteiger partial charge in [-0.1, -0.05) is 33.6 Å². The molecule has 9 nitrogen and oxygen atoms in total. The number of benzene rings is 1. The van der Waals surface area contributed by atoms with Gasteiger partial charge in [0.25, 0.3) is 11.5 Å². The number of ether oxygens (including phenoxy) is 1. The number of furan rings is 1. The number of fused-ring (bicyclic) bond motifs is 2. The van der Waals surface area contributed by atoms with Gasteiger partial charge in [-0.2, -0.15) is 4.99 Å². The number of pyridine rings is 2. The molecule has 4 heterocycles. The van der Waals surface area contributed by atoms with Crippen LogP contribution in [0.2, 0.25) is 5.02 Å². The number of nitrogens with zero attached hydrogens (tertiary/aromatic N) is 4. The predicted molar refractivity (Wildman–Crippen MR) is 140 cm³/mol. The number of hydrogen-bond acceptors (Lipinski definition) is 6. The van der Waals surface area contributed by atoms with E-state index >= 15 is 0 Å². The molecule has 186 valence electrons. The van der Waals surface area contributed by atoms with Gasteiger partial charge in [0.15, 0.2) is 5.49 Å². The molecule has 5 rings (SSSR count). The number of rotatable bonds is 5. The number of carbonyl (C=O) groups is 2. The fourth-order valence-corrected chi connectivity index (χ4v) is 4.44. The molecular weight excluding hydrogens is 564 g/mol. The van der Waals surface area contributed by atoms with Crippen LogP contribution in [0.1, 0.15) is 33.4 Å². The van der Waals surface area contributed by atoms with Crippen LogP contribution in [0.25, 0.3) is 16.7 Å². The molecule has 0 bridgehead atoms. The van der Waals surface area contributed by atoms with Crippen LogP contribution in [0.15, 0.2) is 85.7 Å². The van der Waals surface area contributed by atoms with Crippen molar-refractivity contribution >= 4 is 56.1 Å². The highest BCUT2D eigenvalue weighted by Gasteiger charge is 2.21. The van der Waals surface area contributed by atoms with Crippen LogP contribution >= 0.6 is 27.5 Å². The van der Waals surface area contributed by atoms with Gasteiger partial charge in [0.2, 0.25) is 0 Å². The zero-order valence-corrected chi connectivity index (χ0v) is 21.7. The number of carbonyl (C=O) groups excluding carboxylic acids is 2. The molecule has 11 heteroatoms. The third-order valence-corrected chi connectivity index (χ3v) is 6.37. The van der Waals surface area contributed by atoms with Crippen molar-refractivity contribution in [1.29, 1.82) is 0 Å². The van der Waals surface area contributed by atoms with E-state index in [1.807, 2.05) is 0 Å². The molecule has 0 aliphatic rings. The van der Waals surface area contributed by atoms with Crippen LogP contribution in [0.3, 0.4) is 0 Å². The van der Waals surface area contributed by atoms with Crippen molar-refractivity contribution in [2.45, 2.75) is 13.5 Å². The van der Waals surface area contributed by atoms with Gasteiger partial charge < -0.3 is 13.7 Å². The number of esters is 1. The summed E-state index contributed by atoms with van der Waals surface area (Å²) in [6.45, 7) is 1.77. The van der Waals surface area contributed by atoms with E-state index < -0.39 is 17.4 Å². The van der Waals surface area contributed by atoms with Crippen molar-refractivity contribution in [2.75, 3.05) is 6.61 Å². The number of amides is 1. The first-order chi connectivity index (χ1) is 17.9. The summed E-state index contributed by atoms with van der Waals surface area (Å²) in [6, 6.07) is 14.7. The molecule has 0 aliphatic carbocycles. The Balaban J connectivity index is 1.91. The maximum atomic E-state index is 13.4. The minimum Gasteiger partial charge on any atom is -0.467 e. The minimum atomic E-state index is -0.748. The van der Waals surface area contributed by atoms with Crippen molar-refractivity contribution in [3.8, 4) is 0 Å². The molecule has 0 aliphatic heterocycles. The summed E-state index contributed by atoms with van der Waals surface area (Å²) in [7, 11) is 0. The highest BCUT2D eigenvalue weighted by molar-refractivity contribution is 9.10. The molecule has 0 atom stereocenters. The Kier molecular flexibility index (Phi) is 6.77. The lowest BCUT2D eigenvalue weighted by molar-refractivity contribution is 0.0523. The molecule has 1 amide bonds. The third kappa shape index (κ3) is 4.73. The molecule has 0 N–H and O–H groups in total. The number of aromatic nitrogens is 3. The van der Waals surface area contributed by atoms with Crippen molar-refractivity contribution in [3.05, 3.63) is 109 Å². The maximum Gasteiger partial charge on any atom is 0.341 e. The normalized spacial score (nSPS) is 11.8. The predicted octanol–water partition coefficient (Wildman–Crippen LogP) is 4.62. The van der Waals surface area contributed by atoms with E-state index in [4.69, 9.17) is 20.8 Å². The average Bonchev–Trinajstić information content (AvgIpc) is 3.40. The van der Waals surface area contributed by atoms with Crippen LogP contribution in [-0.2, 0) is 11.3 Å². The highest BCUT2D eigenvalue weighted by Crippen LogP contribution is 2.22. The Morgan fingerprint density at radius 1 is 1.14 bits per heavy atom. The fraction of sp³-hybridized carbons (Fsp3) is 0.115. The van der Waals surface area contributed by atoms with Crippen molar-refractivity contribution in [2.24, 2.45) is 4.99 Å². The summed E-state index contributed by atoms with van der Waals surface area (Å²) < 4.78 is 14.3. The van der Waals surface area contributed by atoms with E-state index in [1.54, 1.807) is 55.6 Å². The molecule has 0 unspecified atom stereocenters. The van der Waals surface area contributed by atoms with Gasteiger partial charge in [-0.25, -0.2) is 9.78 Å². The van der Waals surface area contributed by atoms with Gasteiger partial charge in [-0.15, -0.1) is 0 Å². The summed E-state index contributed by atoms with van der Waals surface area (Å²) in [5.74, 6) is -0.948. The Morgan fingerprint density at radius 3 is 2.73 bits per heavy atom. The Bertz CT molecular complexity index is 1810. The van der Waals surface area contributed by atoms with Crippen LogP contribution < -0.4 is 11.0 Å². The monoisotopic (exact) mass is 580 g/mol. The largest absolute Gasteiger partial charge is 0.467 e. The summed E-state index contributed by atoms with van der Waals surface area (Å²) >= 11 is 9.61. The van der Waals surface area contributed by atoms with Crippen LogP contribution in [0.4, 0.5) is 0 Å². The minimum absolute atomic E-state index is 0.0323. The quantitative estimate of drug-likeness (QED) is 0.221. The molecule has 4 aromatic heterocycles. The molecule has 0 radical (unpaired) electrons. The Morgan fingerprint density at radius 2 is 1.97 bits per heavy atom. The zero-order chi connectivity index (χ0) is 26.1. The van der Waals surface area contributed by atoms with E-state index in [0.29, 0.717) is 15.9 Å². The number of halogens is 2. The van der Waals surface area contributed by atoms with Crippen molar-refractivity contribution < 1.29 is 18.7 Å². The first kappa shape index (κ1) is 24.7. The van der Waals surface area contributed by atoms with E-state index in [0.717, 1.165) is 0 Å². The van der Waals surface area contributed by atoms with Crippen LogP contribution in [-0.4, -0.2) is 32.4 Å². The second kappa shape index (κ2) is 10.2. The molecule has 0 fully saturated rings. The molecule has 0 saturated heterocycles. The second-order valence-corrected chi connectivity index (χ2v) is 9.21. The van der Waals surface area contributed by atoms with E-state index in [-0.39, 0.29) is 45.8 Å². The number of hydrogen-bond donors (Lipinski definition) is 0. The lowest BCUT2D eigenvalue weighted by Crippen LogP contribution is -2.33. The summed E-state index contributed by atoms with van der Waals surface area (Å²) in [5, 5.41) is 0.334. The molecule has 0 spiro atoms. The van der Waals surface area contributed by atoms with Gasteiger partial charge in [0, 0.05) is 10.7 Å². The van der Waals surface area contributed by atoms with E-state index in [9.17, 15) is 14.4 Å². The highest BCUT2D eigenvalue weighted by atomic mass is 79.9. The summed E-state index contributed by atoms with van der Waals surface area (Å²) in [5.41, 5.74) is 0.206. The van der Waals surface area contributed by atoms with Gasteiger partial charge in [0.05, 0.1) is 35.4 Å². The smallest absolute Gasteiger partial charge is 0.341 e. The maximum absolute atomic E-state index is 13.4. The van der Waals surface area contributed by atoms with Gasteiger partial charge >= 0.3 is 5.97 Å². The van der Waals surface area contributed by atoms with Crippen LogP contribution in [0.5, 0.6) is 0 Å². The lowest BCUT2D eigenvalue weighted by atomic mass is 10.2. The zero-order valence-electron chi connectivity index (χ0n) is 19.4. The van der Waals surface area contributed by atoms with Crippen LogP contribution in [0, 0.1) is 0 Å². The van der Waals surface area contributed by atoms with Gasteiger partial charge in [-0.3, -0.25) is 14.0 Å². The molecule has 5 aromatic rings. The Labute approximate surface area is 222 Å². The molecule has 0 saturated carbocycles. The average molecular weight is 582 g/mol. The van der Waals surface area contributed by atoms with Crippen molar-refractivity contribution in [3.63, 3.8) is 0 Å². The van der Waals surface area contributed by atoms with Gasteiger partial charge in [0.1, 0.15) is 22.6 Å². The first-order valence-corrected chi connectivity index (χ1v) is 12.3. The molecular formula is C26H18BrClN4O5. The van der Waals surface area contributed by atoms with E-state index in [2.05, 4.69) is 25.9 Å². The standard InChI is InChI=1S/C26H18BrClN4O5/c1-2-36-26(35)19-13-18-22(29-21-7-3-4-10-31(21)25(18)34)32(14-16-6-5-11-37-16)23(19)30-24(33)17-12-15(27)8-9-20(17)28/h3-13H,2,14H2,1H3. The summed E-state index contributed by atoms with van der Waals surface area (Å²) in [6.07, 6.45) is 3.08. The molecule has 1 aromatic carbocycles. The first-order valence-electron chi connectivity index (χ1n) is 11.2. The second-order valence-electron chi connectivity index (χ2n) is 7.89. The van der Waals surface area contributed by atoms with Crippen molar-refractivity contribution in [1.82, 2.24) is 14.0 Å². The topological polar surface area (TPSA) is 108 Å². The van der Waals surface area contributed by atoms with E-state index in [1.165, 1.54) is 27.4 Å². The summed E-state index contributed by atoms with van der Waals surface area (Å²) in [4.78, 5) is 48.8. The van der Waals surface area contributed by atoms with Gasteiger partial charge in [-0.05, 0) is 55.5 Å². The molecule has 37 heavy (non-hydrogen) atoms. The SMILES string of the molecule is CCOC(=O)c1cc2c(=O)n3ccccc3nc2n(Cc2ccco2)c1=NC(=O)c1cc(Br)ccc1Cl. The third-order valence-electron chi connectivity index (χ3n) is 5.55.